The van der Waals surface area contributed by atoms with Gasteiger partial charge >= 0.3 is 0 Å². The molecule has 0 atom stereocenters. The SMILES string of the molecule is CCCNS(=O)(=O)NC1(CN)CCN(C)CC1. The van der Waals surface area contributed by atoms with Gasteiger partial charge in [0.15, 0.2) is 0 Å². The molecule has 0 radical (unpaired) electrons. The van der Waals surface area contributed by atoms with E-state index < -0.39 is 15.7 Å². The average molecular weight is 264 g/mol. The molecule has 7 heteroatoms. The van der Waals surface area contributed by atoms with E-state index in [9.17, 15) is 8.42 Å². The van der Waals surface area contributed by atoms with Crippen LogP contribution in [-0.4, -0.2) is 52.1 Å². The van der Waals surface area contributed by atoms with E-state index in [0.717, 1.165) is 32.4 Å². The maximum atomic E-state index is 11.8. The molecule has 1 saturated heterocycles. The number of likely N-dealkylation sites (tertiary alicyclic amines) is 1. The largest absolute Gasteiger partial charge is 0.329 e. The number of piperidine rings is 1. The standard InChI is InChI=1S/C10H24N4O2S/c1-3-6-12-17(15,16)13-10(9-11)4-7-14(2)8-5-10/h12-13H,3-9,11H2,1-2H3. The van der Waals surface area contributed by atoms with Crippen LogP contribution < -0.4 is 15.2 Å². The van der Waals surface area contributed by atoms with Crippen molar-refractivity contribution in [3.05, 3.63) is 0 Å². The Bertz CT molecular complexity index is 323. The van der Waals surface area contributed by atoms with Gasteiger partial charge in [-0.15, -0.1) is 0 Å². The lowest BCUT2D eigenvalue weighted by Gasteiger charge is -2.40. The summed E-state index contributed by atoms with van der Waals surface area (Å²) in [5.41, 5.74) is 5.27. The Balaban J connectivity index is 2.62. The van der Waals surface area contributed by atoms with Gasteiger partial charge in [0.25, 0.3) is 10.2 Å². The summed E-state index contributed by atoms with van der Waals surface area (Å²) >= 11 is 0. The molecule has 0 aromatic rings. The third-order valence-electron chi connectivity index (χ3n) is 3.23. The zero-order valence-electron chi connectivity index (χ0n) is 10.7. The Labute approximate surface area is 104 Å². The van der Waals surface area contributed by atoms with Crippen molar-refractivity contribution >= 4 is 10.2 Å². The summed E-state index contributed by atoms with van der Waals surface area (Å²) < 4.78 is 28.9. The summed E-state index contributed by atoms with van der Waals surface area (Å²) in [5.74, 6) is 0. The summed E-state index contributed by atoms with van der Waals surface area (Å²) in [4.78, 5) is 2.18. The molecule has 1 aliphatic heterocycles. The number of nitrogens with one attached hydrogen (secondary N) is 2. The van der Waals surface area contributed by atoms with Crippen LogP contribution in [0.3, 0.4) is 0 Å². The number of hydrogen-bond acceptors (Lipinski definition) is 4. The van der Waals surface area contributed by atoms with Crippen LogP contribution in [-0.2, 0) is 10.2 Å². The monoisotopic (exact) mass is 264 g/mol. The highest BCUT2D eigenvalue weighted by molar-refractivity contribution is 7.87. The molecule has 0 aromatic heterocycles. The van der Waals surface area contributed by atoms with Gasteiger partial charge in [-0.2, -0.15) is 13.1 Å². The van der Waals surface area contributed by atoms with E-state index in [-0.39, 0.29) is 0 Å². The van der Waals surface area contributed by atoms with Crippen molar-refractivity contribution in [2.24, 2.45) is 5.73 Å². The summed E-state index contributed by atoms with van der Waals surface area (Å²) in [7, 11) is -1.40. The van der Waals surface area contributed by atoms with Crippen LogP contribution in [0.2, 0.25) is 0 Å². The van der Waals surface area contributed by atoms with Crippen LogP contribution in [0.4, 0.5) is 0 Å². The highest BCUT2D eigenvalue weighted by Gasteiger charge is 2.35. The molecule has 0 aliphatic carbocycles. The topological polar surface area (TPSA) is 87.5 Å². The summed E-state index contributed by atoms with van der Waals surface area (Å²) in [6.45, 7) is 4.46. The highest BCUT2D eigenvalue weighted by Crippen LogP contribution is 2.21. The fourth-order valence-electron chi connectivity index (χ4n) is 1.95. The van der Waals surface area contributed by atoms with Crippen LogP contribution in [0, 0.1) is 0 Å². The first-order chi connectivity index (χ1) is 7.93. The molecule has 1 fully saturated rings. The smallest absolute Gasteiger partial charge is 0.277 e. The lowest BCUT2D eigenvalue weighted by molar-refractivity contribution is 0.181. The fourth-order valence-corrected chi connectivity index (χ4v) is 3.35. The van der Waals surface area contributed by atoms with Gasteiger partial charge in [-0.05, 0) is 39.4 Å². The van der Waals surface area contributed by atoms with Gasteiger partial charge in [0.05, 0.1) is 0 Å². The van der Waals surface area contributed by atoms with Crippen LogP contribution >= 0.6 is 0 Å². The van der Waals surface area contributed by atoms with E-state index >= 15 is 0 Å². The summed E-state index contributed by atoms with van der Waals surface area (Å²) in [5, 5.41) is 0. The number of nitrogens with zero attached hydrogens (tertiary/aromatic N) is 1. The Hall–Kier alpha value is -0.210. The summed E-state index contributed by atoms with van der Waals surface area (Å²) in [6, 6.07) is 0. The number of hydrogen-bond donors (Lipinski definition) is 3. The van der Waals surface area contributed by atoms with E-state index in [1.54, 1.807) is 0 Å². The van der Waals surface area contributed by atoms with Gasteiger partial charge in [-0.25, -0.2) is 4.72 Å². The van der Waals surface area contributed by atoms with E-state index in [4.69, 9.17) is 5.73 Å². The molecule has 17 heavy (non-hydrogen) atoms. The molecule has 0 unspecified atom stereocenters. The van der Waals surface area contributed by atoms with Crippen molar-refractivity contribution in [1.29, 1.82) is 0 Å². The van der Waals surface area contributed by atoms with Crippen molar-refractivity contribution in [1.82, 2.24) is 14.3 Å². The highest BCUT2D eigenvalue weighted by atomic mass is 32.2. The Morgan fingerprint density at radius 3 is 2.41 bits per heavy atom. The molecular weight excluding hydrogens is 240 g/mol. The third kappa shape index (κ3) is 4.51. The van der Waals surface area contributed by atoms with Crippen LogP contribution in [0.1, 0.15) is 26.2 Å². The molecule has 0 aromatic carbocycles. The van der Waals surface area contributed by atoms with Gasteiger partial charge in [0.2, 0.25) is 0 Å². The second-order valence-corrected chi connectivity index (χ2v) is 6.29. The quantitative estimate of drug-likeness (QED) is 0.589. The van der Waals surface area contributed by atoms with Crippen LogP contribution in [0.15, 0.2) is 0 Å². The Kier molecular flexibility index (Phi) is 5.33. The number of nitrogens with two attached hydrogens (primary N) is 1. The summed E-state index contributed by atoms with van der Waals surface area (Å²) in [6.07, 6.45) is 2.29. The first kappa shape index (κ1) is 14.8. The normalized spacial score (nSPS) is 21.6. The van der Waals surface area contributed by atoms with Crippen molar-refractivity contribution in [2.45, 2.75) is 31.7 Å². The minimum atomic E-state index is -3.43. The molecule has 0 saturated carbocycles. The predicted octanol–water partition coefficient (Wildman–Crippen LogP) is -0.756. The molecular formula is C10H24N4O2S. The molecule has 6 nitrogen and oxygen atoms in total. The Morgan fingerprint density at radius 2 is 1.94 bits per heavy atom. The Morgan fingerprint density at radius 1 is 1.35 bits per heavy atom. The molecule has 0 spiro atoms. The van der Waals surface area contributed by atoms with E-state index in [1.807, 2.05) is 14.0 Å². The first-order valence-corrected chi connectivity index (χ1v) is 7.58. The van der Waals surface area contributed by atoms with Crippen LogP contribution in [0.25, 0.3) is 0 Å². The van der Waals surface area contributed by atoms with Gasteiger partial charge in [-0.1, -0.05) is 6.92 Å². The predicted molar refractivity (Wildman–Crippen MR) is 68.9 cm³/mol. The van der Waals surface area contributed by atoms with Crippen molar-refractivity contribution in [2.75, 3.05) is 33.2 Å². The van der Waals surface area contributed by atoms with Gasteiger partial charge in [0.1, 0.15) is 0 Å². The molecule has 0 amide bonds. The van der Waals surface area contributed by atoms with Gasteiger partial charge < -0.3 is 10.6 Å². The van der Waals surface area contributed by atoms with Crippen molar-refractivity contribution in [3.8, 4) is 0 Å². The lowest BCUT2D eigenvalue weighted by Crippen LogP contribution is -2.60. The zero-order chi connectivity index (χ0) is 12.9. The third-order valence-corrected chi connectivity index (χ3v) is 4.51. The lowest BCUT2D eigenvalue weighted by atomic mass is 9.89. The molecule has 1 aliphatic rings. The van der Waals surface area contributed by atoms with Crippen LogP contribution in [0.5, 0.6) is 0 Å². The molecule has 0 bridgehead atoms. The maximum Gasteiger partial charge on any atom is 0.277 e. The average Bonchev–Trinajstić information content (AvgIpc) is 2.30. The van der Waals surface area contributed by atoms with Crippen molar-refractivity contribution < 1.29 is 8.42 Å². The minimum Gasteiger partial charge on any atom is -0.329 e. The first-order valence-electron chi connectivity index (χ1n) is 6.10. The molecule has 1 heterocycles. The second-order valence-electron chi connectivity index (χ2n) is 4.79. The van der Waals surface area contributed by atoms with Gasteiger partial charge in [-0.3, -0.25) is 0 Å². The molecule has 4 N–H and O–H groups in total. The minimum absolute atomic E-state index is 0.341. The van der Waals surface area contributed by atoms with Crippen molar-refractivity contribution in [3.63, 3.8) is 0 Å². The van der Waals surface area contributed by atoms with E-state index in [2.05, 4.69) is 14.3 Å². The molecule has 102 valence electrons. The van der Waals surface area contributed by atoms with E-state index in [0.29, 0.717) is 13.1 Å². The number of rotatable bonds is 6. The fraction of sp³-hybridized carbons (Fsp3) is 1.00. The molecule has 1 rings (SSSR count). The van der Waals surface area contributed by atoms with E-state index in [1.165, 1.54) is 0 Å². The van der Waals surface area contributed by atoms with Gasteiger partial charge in [0, 0.05) is 18.6 Å². The second kappa shape index (κ2) is 6.10. The maximum absolute atomic E-state index is 11.8. The zero-order valence-corrected chi connectivity index (χ0v) is 11.5.